The van der Waals surface area contributed by atoms with Crippen LogP contribution in [0.2, 0.25) is 0 Å². The Hall–Kier alpha value is -3.76. The van der Waals surface area contributed by atoms with Crippen LogP contribution in [0.15, 0.2) is 55.0 Å². The van der Waals surface area contributed by atoms with Crippen molar-refractivity contribution in [1.29, 1.82) is 0 Å². The van der Waals surface area contributed by atoms with Crippen molar-refractivity contribution in [3.05, 3.63) is 66.2 Å². The predicted molar refractivity (Wildman–Crippen MR) is 200 cm³/mol. The standard InChI is InChI=1S/C41H59N5O5/c1-4-30(28(2)3)23-38(47)36(21-29-11-6-5-7-12-29)44-41(50)37(25-34-26-42-27-43-34)45-40(49)33(24-39(48)46-17-19-51-20-18-46)22-32-15-10-14-31-13-8-9-16-35(31)32/h8-10,13-16,26-30,33,36-38,47H,4-7,11-12,17-25H2,1-3H3,(H,42,43)(H,44,50)(H,45,49)/t30-,33?,36-,37-,38+/m0/s1. The number of carbonyl (C=O) groups is 3. The maximum absolute atomic E-state index is 14.4. The summed E-state index contributed by atoms with van der Waals surface area (Å²) in [5, 5.41) is 20.0. The van der Waals surface area contributed by atoms with Gasteiger partial charge in [0.05, 0.1) is 43.3 Å². The molecule has 3 aromatic rings. The monoisotopic (exact) mass is 701 g/mol. The third kappa shape index (κ3) is 11.1. The maximum atomic E-state index is 14.4. The highest BCUT2D eigenvalue weighted by Gasteiger charge is 2.34. The minimum atomic E-state index is -0.942. The van der Waals surface area contributed by atoms with E-state index < -0.39 is 24.1 Å². The number of nitrogens with zero attached hydrogens (tertiary/aromatic N) is 2. The second-order valence-corrected chi connectivity index (χ2v) is 15.1. The molecule has 3 amide bonds. The second kappa shape index (κ2) is 19.2. The van der Waals surface area contributed by atoms with Crippen LogP contribution < -0.4 is 10.6 Å². The van der Waals surface area contributed by atoms with Gasteiger partial charge in [0.25, 0.3) is 0 Å². The van der Waals surface area contributed by atoms with Crippen LogP contribution in [0.1, 0.15) is 89.8 Å². The molecule has 1 aliphatic heterocycles. The molecule has 1 aromatic heterocycles. The Balaban J connectivity index is 1.38. The molecule has 51 heavy (non-hydrogen) atoms. The molecule has 5 rings (SSSR count). The quantitative estimate of drug-likeness (QED) is 0.145. The third-order valence-corrected chi connectivity index (χ3v) is 11.2. The fourth-order valence-electron chi connectivity index (χ4n) is 8.02. The number of rotatable bonds is 17. The normalized spacial score (nSPS) is 18.6. The number of nitrogens with one attached hydrogen (secondary N) is 3. The number of imidazole rings is 1. The number of hydrogen-bond acceptors (Lipinski definition) is 6. The van der Waals surface area contributed by atoms with Crippen LogP contribution in [-0.4, -0.2) is 82.2 Å². The van der Waals surface area contributed by atoms with Gasteiger partial charge in [-0.1, -0.05) is 102 Å². The van der Waals surface area contributed by atoms with Crippen LogP contribution in [0.4, 0.5) is 0 Å². The van der Waals surface area contributed by atoms with E-state index in [0.717, 1.165) is 35.6 Å². The number of benzene rings is 2. The summed E-state index contributed by atoms with van der Waals surface area (Å²) in [6, 6.07) is 12.7. The van der Waals surface area contributed by atoms with Crippen molar-refractivity contribution in [2.75, 3.05) is 26.3 Å². The van der Waals surface area contributed by atoms with E-state index >= 15 is 0 Å². The molecule has 2 heterocycles. The van der Waals surface area contributed by atoms with E-state index in [1.165, 1.54) is 19.3 Å². The van der Waals surface area contributed by atoms with E-state index in [1.807, 2.05) is 42.5 Å². The highest BCUT2D eigenvalue weighted by atomic mass is 16.5. The zero-order valence-corrected chi connectivity index (χ0v) is 30.8. The minimum Gasteiger partial charge on any atom is -0.391 e. The number of aromatic amines is 1. The summed E-state index contributed by atoms with van der Waals surface area (Å²) < 4.78 is 5.47. The van der Waals surface area contributed by atoms with Crippen molar-refractivity contribution in [2.24, 2.45) is 23.7 Å². The van der Waals surface area contributed by atoms with Gasteiger partial charge in [-0.15, -0.1) is 0 Å². The molecule has 1 unspecified atom stereocenters. The van der Waals surface area contributed by atoms with Gasteiger partial charge in [-0.3, -0.25) is 14.4 Å². The lowest BCUT2D eigenvalue weighted by Gasteiger charge is -2.33. The molecule has 2 fully saturated rings. The summed E-state index contributed by atoms with van der Waals surface area (Å²) in [6.07, 6.45) is 11.2. The first kappa shape index (κ1) is 38.5. The number of aliphatic hydroxyl groups excluding tert-OH is 1. The molecule has 2 aromatic carbocycles. The Labute approximate surface area is 303 Å². The van der Waals surface area contributed by atoms with Gasteiger partial charge in [-0.05, 0) is 53.4 Å². The Morgan fingerprint density at radius 3 is 2.43 bits per heavy atom. The number of aromatic nitrogens is 2. The lowest BCUT2D eigenvalue weighted by atomic mass is 9.80. The molecule has 4 N–H and O–H groups in total. The molecule has 10 heteroatoms. The highest BCUT2D eigenvalue weighted by Crippen LogP contribution is 2.30. The summed E-state index contributed by atoms with van der Waals surface area (Å²) in [7, 11) is 0. The zero-order valence-electron chi connectivity index (χ0n) is 30.8. The fraction of sp³-hybridized carbons (Fsp3) is 0.610. The Bertz CT molecular complexity index is 1530. The van der Waals surface area contributed by atoms with Gasteiger partial charge in [0.2, 0.25) is 17.7 Å². The largest absolute Gasteiger partial charge is 0.391 e. The lowest BCUT2D eigenvalue weighted by Crippen LogP contribution is -2.55. The van der Waals surface area contributed by atoms with E-state index in [4.69, 9.17) is 4.74 Å². The maximum Gasteiger partial charge on any atom is 0.243 e. The van der Waals surface area contributed by atoms with Crippen LogP contribution in [0, 0.1) is 23.7 Å². The minimum absolute atomic E-state index is 0.0163. The van der Waals surface area contributed by atoms with Gasteiger partial charge in [0, 0.05) is 32.1 Å². The first-order chi connectivity index (χ1) is 24.7. The predicted octanol–water partition coefficient (Wildman–Crippen LogP) is 5.59. The van der Waals surface area contributed by atoms with Crippen molar-refractivity contribution < 1.29 is 24.2 Å². The molecule has 1 aliphatic carbocycles. The third-order valence-electron chi connectivity index (χ3n) is 11.2. The lowest BCUT2D eigenvalue weighted by molar-refractivity contribution is -0.140. The summed E-state index contributed by atoms with van der Waals surface area (Å²) >= 11 is 0. The zero-order chi connectivity index (χ0) is 36.2. The van der Waals surface area contributed by atoms with Gasteiger partial charge < -0.3 is 30.4 Å². The Morgan fingerprint density at radius 2 is 1.73 bits per heavy atom. The van der Waals surface area contributed by atoms with E-state index in [1.54, 1.807) is 17.4 Å². The summed E-state index contributed by atoms with van der Waals surface area (Å²) in [5.41, 5.74) is 1.61. The van der Waals surface area contributed by atoms with Crippen molar-refractivity contribution >= 4 is 28.5 Å². The average Bonchev–Trinajstić information content (AvgIpc) is 3.67. The molecule has 0 radical (unpaired) electrons. The van der Waals surface area contributed by atoms with Crippen molar-refractivity contribution in [1.82, 2.24) is 25.5 Å². The summed E-state index contributed by atoms with van der Waals surface area (Å²) in [6.45, 7) is 8.45. The van der Waals surface area contributed by atoms with E-state index in [0.29, 0.717) is 69.0 Å². The topological polar surface area (TPSA) is 137 Å². The number of aliphatic hydroxyl groups is 1. The smallest absolute Gasteiger partial charge is 0.243 e. The number of hydrogen-bond donors (Lipinski definition) is 4. The number of amides is 3. The van der Waals surface area contributed by atoms with Crippen molar-refractivity contribution in [3.8, 4) is 0 Å². The number of H-pyrrole nitrogens is 1. The highest BCUT2D eigenvalue weighted by molar-refractivity contribution is 5.92. The molecule has 278 valence electrons. The molecule has 0 bridgehead atoms. The van der Waals surface area contributed by atoms with E-state index in [9.17, 15) is 19.5 Å². The first-order valence-electron chi connectivity index (χ1n) is 19.3. The molecule has 5 atom stereocenters. The Kier molecular flexibility index (Phi) is 14.5. The van der Waals surface area contributed by atoms with Gasteiger partial charge in [0.1, 0.15) is 6.04 Å². The van der Waals surface area contributed by atoms with Crippen molar-refractivity contribution in [2.45, 2.75) is 110 Å². The molecular formula is C41H59N5O5. The average molecular weight is 702 g/mol. The van der Waals surface area contributed by atoms with E-state index in [2.05, 4.69) is 41.4 Å². The van der Waals surface area contributed by atoms with Gasteiger partial charge in [-0.2, -0.15) is 0 Å². The molecule has 0 spiro atoms. The number of morpholine rings is 1. The number of ether oxygens (including phenoxy) is 1. The fourth-order valence-corrected chi connectivity index (χ4v) is 8.02. The molecule has 10 nitrogen and oxygen atoms in total. The van der Waals surface area contributed by atoms with Crippen LogP contribution in [0.3, 0.4) is 0 Å². The Morgan fingerprint density at radius 1 is 0.980 bits per heavy atom. The van der Waals surface area contributed by atoms with Crippen molar-refractivity contribution in [3.63, 3.8) is 0 Å². The molecule has 1 saturated carbocycles. The molecule has 1 saturated heterocycles. The van der Waals surface area contributed by atoms with Crippen LogP contribution in [-0.2, 0) is 32.0 Å². The number of carbonyl (C=O) groups excluding carboxylic acids is 3. The van der Waals surface area contributed by atoms with Crippen LogP contribution in [0.25, 0.3) is 10.8 Å². The SMILES string of the molecule is CC[C@@H](C[C@@H](O)[C@H](CC1CCCCC1)NC(=O)[C@H](Cc1c[nH]cn1)NC(=O)C(CC(=O)N1CCOCC1)Cc1cccc2ccccc12)C(C)C. The van der Waals surface area contributed by atoms with Gasteiger partial charge in [-0.25, -0.2) is 4.98 Å². The second-order valence-electron chi connectivity index (χ2n) is 15.1. The van der Waals surface area contributed by atoms with Gasteiger partial charge >= 0.3 is 0 Å². The molecular weight excluding hydrogens is 642 g/mol. The summed E-state index contributed by atoms with van der Waals surface area (Å²) in [4.78, 5) is 51.4. The van der Waals surface area contributed by atoms with Gasteiger partial charge in [0.15, 0.2) is 0 Å². The first-order valence-corrected chi connectivity index (χ1v) is 19.3. The van der Waals surface area contributed by atoms with Crippen LogP contribution in [0.5, 0.6) is 0 Å². The van der Waals surface area contributed by atoms with E-state index in [-0.39, 0.29) is 30.6 Å². The number of fused-ring (bicyclic) bond motifs is 1. The summed E-state index contributed by atoms with van der Waals surface area (Å²) in [5.74, 6) is -0.305. The molecule has 2 aliphatic rings. The van der Waals surface area contributed by atoms with Crippen LogP contribution >= 0.6 is 0 Å².